The number of aliphatic carboxylic acids is 1. The Morgan fingerprint density at radius 3 is 2.85 bits per heavy atom. The first-order valence-electron chi connectivity index (χ1n) is 7.02. The van der Waals surface area contributed by atoms with Crippen molar-refractivity contribution in [1.82, 2.24) is 4.57 Å². The standard InChI is InChI=1S/C16H18FNO2/c1-9(2)14-7-11(17)5-10-6-12-3-4-13(8-15(19)20)18(12)16(10)14/h5-7,9,13H,3-4,8H2,1-2H3,(H,19,20). The quantitative estimate of drug-likeness (QED) is 0.924. The number of aromatic nitrogens is 1. The molecular weight excluding hydrogens is 257 g/mol. The molecule has 0 saturated heterocycles. The van der Waals surface area contributed by atoms with Gasteiger partial charge in [0, 0.05) is 17.1 Å². The smallest absolute Gasteiger partial charge is 0.305 e. The third kappa shape index (κ3) is 1.99. The van der Waals surface area contributed by atoms with E-state index in [4.69, 9.17) is 5.11 Å². The second-order valence-electron chi connectivity index (χ2n) is 5.88. The van der Waals surface area contributed by atoms with E-state index in [1.165, 1.54) is 0 Å². The van der Waals surface area contributed by atoms with E-state index >= 15 is 0 Å². The minimum absolute atomic E-state index is 0.0111. The lowest BCUT2D eigenvalue weighted by molar-refractivity contribution is -0.137. The number of carboxylic acid groups (broad SMARTS) is 1. The second-order valence-corrected chi connectivity index (χ2v) is 5.88. The van der Waals surface area contributed by atoms with Crippen molar-refractivity contribution in [3.05, 3.63) is 35.3 Å². The molecule has 1 aliphatic heterocycles. The highest BCUT2D eigenvalue weighted by Crippen LogP contribution is 2.38. The Morgan fingerprint density at radius 2 is 2.20 bits per heavy atom. The van der Waals surface area contributed by atoms with Gasteiger partial charge in [-0.05, 0) is 42.5 Å². The van der Waals surface area contributed by atoms with E-state index < -0.39 is 5.97 Å². The van der Waals surface area contributed by atoms with E-state index in [1.807, 2.05) is 19.9 Å². The maximum absolute atomic E-state index is 13.7. The van der Waals surface area contributed by atoms with Crippen molar-refractivity contribution in [2.75, 3.05) is 0 Å². The SMILES string of the molecule is CC(C)c1cc(F)cc2cc3n(c12)C(CC(=O)O)CC3. The van der Waals surface area contributed by atoms with Gasteiger partial charge in [0.1, 0.15) is 5.82 Å². The number of aryl methyl sites for hydroxylation is 1. The van der Waals surface area contributed by atoms with Gasteiger partial charge in [-0.3, -0.25) is 4.79 Å². The number of carboxylic acids is 1. The van der Waals surface area contributed by atoms with Gasteiger partial charge in [0.05, 0.1) is 11.9 Å². The zero-order valence-electron chi connectivity index (χ0n) is 11.7. The van der Waals surface area contributed by atoms with Gasteiger partial charge in [-0.2, -0.15) is 0 Å². The van der Waals surface area contributed by atoms with Crippen LogP contribution in [0.3, 0.4) is 0 Å². The topological polar surface area (TPSA) is 42.2 Å². The third-order valence-electron chi connectivity index (χ3n) is 4.14. The molecule has 1 aromatic heterocycles. The van der Waals surface area contributed by atoms with E-state index in [1.54, 1.807) is 12.1 Å². The molecule has 0 aliphatic carbocycles. The van der Waals surface area contributed by atoms with Gasteiger partial charge in [-0.15, -0.1) is 0 Å². The fraction of sp³-hybridized carbons (Fsp3) is 0.438. The molecule has 0 spiro atoms. The van der Waals surface area contributed by atoms with Crippen LogP contribution in [0.25, 0.3) is 10.9 Å². The minimum Gasteiger partial charge on any atom is -0.481 e. The van der Waals surface area contributed by atoms with Crippen LogP contribution in [0, 0.1) is 5.82 Å². The van der Waals surface area contributed by atoms with Crippen LogP contribution in [0.4, 0.5) is 4.39 Å². The molecule has 0 radical (unpaired) electrons. The molecule has 1 atom stereocenters. The van der Waals surface area contributed by atoms with Crippen LogP contribution in [0.5, 0.6) is 0 Å². The fourth-order valence-electron chi connectivity index (χ4n) is 3.31. The molecular formula is C16H18FNO2. The summed E-state index contributed by atoms with van der Waals surface area (Å²) in [5.74, 6) is -0.795. The van der Waals surface area contributed by atoms with E-state index in [9.17, 15) is 9.18 Å². The lowest BCUT2D eigenvalue weighted by atomic mass is 9.99. The second kappa shape index (κ2) is 4.62. The molecule has 2 heterocycles. The highest BCUT2D eigenvalue weighted by atomic mass is 19.1. The van der Waals surface area contributed by atoms with Gasteiger partial charge in [0.2, 0.25) is 0 Å². The van der Waals surface area contributed by atoms with Crippen LogP contribution in [0.1, 0.15) is 49.9 Å². The lowest BCUT2D eigenvalue weighted by Gasteiger charge is -2.17. The molecule has 4 heteroatoms. The molecule has 106 valence electrons. The van der Waals surface area contributed by atoms with Crippen molar-refractivity contribution in [2.45, 2.75) is 45.1 Å². The lowest BCUT2D eigenvalue weighted by Crippen LogP contribution is -2.10. The molecule has 0 amide bonds. The van der Waals surface area contributed by atoms with Crippen molar-refractivity contribution < 1.29 is 14.3 Å². The Balaban J connectivity index is 2.23. The highest BCUT2D eigenvalue weighted by Gasteiger charge is 2.28. The fourth-order valence-corrected chi connectivity index (χ4v) is 3.31. The molecule has 0 fully saturated rings. The summed E-state index contributed by atoms with van der Waals surface area (Å²) in [5.41, 5.74) is 3.10. The zero-order valence-corrected chi connectivity index (χ0v) is 11.7. The Kier molecular flexibility index (Phi) is 3.04. The molecule has 0 saturated carbocycles. The number of fused-ring (bicyclic) bond motifs is 3. The van der Waals surface area contributed by atoms with Crippen molar-refractivity contribution >= 4 is 16.9 Å². The normalized spacial score (nSPS) is 17.9. The number of nitrogens with zero attached hydrogens (tertiary/aromatic N) is 1. The van der Waals surface area contributed by atoms with Crippen LogP contribution in [0.2, 0.25) is 0 Å². The largest absolute Gasteiger partial charge is 0.481 e. The molecule has 3 rings (SSSR count). The molecule has 3 nitrogen and oxygen atoms in total. The predicted octanol–water partition coefficient (Wildman–Crippen LogP) is 3.87. The number of rotatable bonds is 3. The summed E-state index contributed by atoms with van der Waals surface area (Å²) in [6.45, 7) is 4.07. The van der Waals surface area contributed by atoms with Gasteiger partial charge < -0.3 is 9.67 Å². The van der Waals surface area contributed by atoms with E-state index in [2.05, 4.69) is 4.57 Å². The van der Waals surface area contributed by atoms with Crippen LogP contribution in [-0.4, -0.2) is 15.6 Å². The summed E-state index contributed by atoms with van der Waals surface area (Å²) in [7, 11) is 0. The van der Waals surface area contributed by atoms with Crippen LogP contribution in [0.15, 0.2) is 18.2 Å². The summed E-state index contributed by atoms with van der Waals surface area (Å²) in [5, 5.41) is 9.95. The Morgan fingerprint density at radius 1 is 1.45 bits per heavy atom. The van der Waals surface area contributed by atoms with Crippen molar-refractivity contribution in [3.8, 4) is 0 Å². The minimum atomic E-state index is -0.780. The number of hydrogen-bond donors (Lipinski definition) is 1. The highest BCUT2D eigenvalue weighted by molar-refractivity contribution is 5.86. The number of carbonyl (C=O) groups is 1. The first kappa shape index (κ1) is 13.2. The van der Waals surface area contributed by atoms with Crippen molar-refractivity contribution in [1.29, 1.82) is 0 Å². The van der Waals surface area contributed by atoms with Crippen LogP contribution < -0.4 is 0 Å². The number of halogens is 1. The van der Waals surface area contributed by atoms with Crippen LogP contribution in [-0.2, 0) is 11.2 Å². The molecule has 1 aromatic carbocycles. The summed E-state index contributed by atoms with van der Waals surface area (Å²) < 4.78 is 15.8. The third-order valence-corrected chi connectivity index (χ3v) is 4.14. The Labute approximate surface area is 117 Å². The predicted molar refractivity (Wildman–Crippen MR) is 75.6 cm³/mol. The molecule has 2 aromatic rings. The molecule has 1 aliphatic rings. The average Bonchev–Trinajstić information content (AvgIpc) is 2.87. The number of hydrogen-bond acceptors (Lipinski definition) is 1. The molecule has 20 heavy (non-hydrogen) atoms. The van der Waals surface area contributed by atoms with Gasteiger partial charge in [-0.25, -0.2) is 4.39 Å². The molecule has 0 bridgehead atoms. The zero-order chi connectivity index (χ0) is 14.4. The number of benzene rings is 1. The van der Waals surface area contributed by atoms with E-state index in [0.717, 1.165) is 35.0 Å². The van der Waals surface area contributed by atoms with Crippen LogP contribution >= 0.6 is 0 Å². The first-order chi connectivity index (χ1) is 9.47. The van der Waals surface area contributed by atoms with Crippen molar-refractivity contribution in [3.63, 3.8) is 0 Å². The maximum atomic E-state index is 13.7. The summed E-state index contributed by atoms with van der Waals surface area (Å²) >= 11 is 0. The summed E-state index contributed by atoms with van der Waals surface area (Å²) in [6.07, 6.45) is 1.85. The van der Waals surface area contributed by atoms with Gasteiger partial charge in [-0.1, -0.05) is 13.8 Å². The van der Waals surface area contributed by atoms with Gasteiger partial charge in [0.15, 0.2) is 0 Å². The maximum Gasteiger partial charge on any atom is 0.305 e. The molecule has 1 unspecified atom stereocenters. The summed E-state index contributed by atoms with van der Waals surface area (Å²) in [4.78, 5) is 11.0. The van der Waals surface area contributed by atoms with Crippen molar-refractivity contribution in [2.24, 2.45) is 0 Å². The molecule has 1 N–H and O–H groups in total. The first-order valence-corrected chi connectivity index (χ1v) is 7.02. The van der Waals surface area contributed by atoms with E-state index in [-0.39, 0.29) is 24.2 Å². The Hall–Kier alpha value is -1.84. The van der Waals surface area contributed by atoms with Gasteiger partial charge in [0.25, 0.3) is 0 Å². The summed E-state index contributed by atoms with van der Waals surface area (Å²) in [6, 6.07) is 5.12. The Bertz CT molecular complexity index is 687. The van der Waals surface area contributed by atoms with Gasteiger partial charge >= 0.3 is 5.97 Å². The van der Waals surface area contributed by atoms with E-state index in [0.29, 0.717) is 0 Å². The monoisotopic (exact) mass is 275 g/mol. The average molecular weight is 275 g/mol.